The maximum absolute atomic E-state index is 13.5. The number of thiophene rings is 1. The number of benzene rings is 2. The Hall–Kier alpha value is -2.94. The zero-order valence-electron chi connectivity index (χ0n) is 16.9. The first-order valence-electron chi connectivity index (χ1n) is 9.35. The van der Waals surface area contributed by atoms with E-state index in [2.05, 4.69) is 10.6 Å². The summed E-state index contributed by atoms with van der Waals surface area (Å²) in [4.78, 5) is 38.3. The maximum atomic E-state index is 13.5. The van der Waals surface area contributed by atoms with Crippen molar-refractivity contribution in [3.63, 3.8) is 0 Å². The van der Waals surface area contributed by atoms with Gasteiger partial charge in [0.05, 0.1) is 32.8 Å². The normalized spacial score (nSPS) is 10.5. The van der Waals surface area contributed by atoms with Gasteiger partial charge < -0.3 is 15.4 Å². The van der Waals surface area contributed by atoms with Gasteiger partial charge in [0, 0.05) is 5.56 Å². The Morgan fingerprint density at radius 1 is 1.06 bits per heavy atom. The summed E-state index contributed by atoms with van der Waals surface area (Å²) in [5.74, 6) is -2.46. The minimum absolute atomic E-state index is 0.0453. The summed E-state index contributed by atoms with van der Waals surface area (Å²) in [7, 11) is 0. The number of nitrogens with one attached hydrogen (secondary N) is 2. The highest BCUT2D eigenvalue weighted by atomic mass is 35.5. The van der Waals surface area contributed by atoms with Gasteiger partial charge in [-0.25, -0.2) is 9.18 Å². The number of amides is 2. The summed E-state index contributed by atoms with van der Waals surface area (Å²) in [5, 5.41) is 5.78. The number of carbonyl (C=O) groups is 3. The lowest BCUT2D eigenvalue weighted by Crippen LogP contribution is -2.15. The molecule has 0 saturated heterocycles. The molecule has 2 amide bonds. The number of anilines is 2. The van der Waals surface area contributed by atoms with Crippen LogP contribution >= 0.6 is 34.5 Å². The summed E-state index contributed by atoms with van der Waals surface area (Å²) in [5.41, 5.74) is 0.713. The van der Waals surface area contributed by atoms with E-state index in [1.165, 1.54) is 18.2 Å². The Bertz CT molecular complexity index is 1210. The Morgan fingerprint density at radius 3 is 2.47 bits per heavy atom. The van der Waals surface area contributed by atoms with E-state index >= 15 is 0 Å². The molecular weight excluding hydrogens is 478 g/mol. The molecule has 10 heteroatoms. The van der Waals surface area contributed by atoms with Crippen molar-refractivity contribution in [2.45, 2.75) is 13.8 Å². The molecule has 1 heterocycles. The lowest BCUT2D eigenvalue weighted by atomic mass is 10.1. The third-order valence-corrected chi connectivity index (χ3v) is 6.37. The van der Waals surface area contributed by atoms with Crippen molar-refractivity contribution in [1.29, 1.82) is 0 Å². The van der Waals surface area contributed by atoms with Gasteiger partial charge in [0.25, 0.3) is 11.8 Å². The number of halogens is 3. The molecule has 0 unspecified atom stereocenters. The minimum Gasteiger partial charge on any atom is -0.462 e. The van der Waals surface area contributed by atoms with Crippen molar-refractivity contribution in [3.05, 3.63) is 79.9 Å². The second-order valence-corrected chi connectivity index (χ2v) is 8.31. The zero-order chi connectivity index (χ0) is 23.4. The van der Waals surface area contributed by atoms with E-state index < -0.39 is 23.6 Å². The average molecular weight is 495 g/mol. The molecule has 1 aromatic heterocycles. The quantitative estimate of drug-likeness (QED) is 0.400. The molecule has 0 aliphatic heterocycles. The summed E-state index contributed by atoms with van der Waals surface area (Å²) < 4.78 is 18.6. The predicted octanol–water partition coefficient (Wildman–Crippen LogP) is 6.18. The van der Waals surface area contributed by atoms with Gasteiger partial charge in [0.2, 0.25) is 0 Å². The highest BCUT2D eigenvalue weighted by Gasteiger charge is 2.27. The van der Waals surface area contributed by atoms with Crippen LogP contribution in [0.4, 0.5) is 15.1 Å². The molecule has 0 aliphatic carbocycles. The van der Waals surface area contributed by atoms with Crippen molar-refractivity contribution in [1.82, 2.24) is 0 Å². The van der Waals surface area contributed by atoms with Gasteiger partial charge in [-0.15, -0.1) is 11.3 Å². The van der Waals surface area contributed by atoms with Crippen molar-refractivity contribution in [3.8, 4) is 0 Å². The monoisotopic (exact) mass is 494 g/mol. The Morgan fingerprint density at radius 2 is 1.78 bits per heavy atom. The molecular formula is C22H17Cl2FN2O4S. The molecule has 0 spiro atoms. The van der Waals surface area contributed by atoms with Crippen LogP contribution in [-0.2, 0) is 4.74 Å². The van der Waals surface area contributed by atoms with Gasteiger partial charge in [-0.05, 0) is 49.7 Å². The second kappa shape index (κ2) is 10.1. The number of esters is 1. The first-order valence-corrected chi connectivity index (χ1v) is 10.9. The fourth-order valence-electron chi connectivity index (χ4n) is 2.85. The van der Waals surface area contributed by atoms with Crippen molar-refractivity contribution >= 4 is 63.0 Å². The molecule has 3 aromatic rings. The largest absolute Gasteiger partial charge is 0.462 e. The van der Waals surface area contributed by atoms with Crippen LogP contribution in [0.2, 0.25) is 10.0 Å². The van der Waals surface area contributed by atoms with E-state index in [0.717, 1.165) is 17.4 Å². The third-order valence-electron chi connectivity index (χ3n) is 4.35. The molecule has 0 atom stereocenters. The molecule has 0 bridgehead atoms. The summed E-state index contributed by atoms with van der Waals surface area (Å²) in [6.45, 7) is 3.31. The SMILES string of the molecule is CCOC(=O)c1c(NC(=O)c2cccc(F)c2)sc(C(=O)Nc2cccc(Cl)c2Cl)c1C. The number of carbonyl (C=O) groups excluding carboxylic acids is 3. The zero-order valence-corrected chi connectivity index (χ0v) is 19.3. The number of hydrogen-bond donors (Lipinski definition) is 2. The van der Waals surface area contributed by atoms with Gasteiger partial charge in [0.1, 0.15) is 10.8 Å². The van der Waals surface area contributed by atoms with E-state index in [4.69, 9.17) is 27.9 Å². The number of hydrogen-bond acceptors (Lipinski definition) is 5. The molecule has 0 radical (unpaired) electrons. The van der Waals surface area contributed by atoms with E-state index in [-0.39, 0.29) is 37.7 Å². The summed E-state index contributed by atoms with van der Waals surface area (Å²) in [6, 6.07) is 9.87. The first-order chi connectivity index (χ1) is 15.2. The third kappa shape index (κ3) is 5.09. The summed E-state index contributed by atoms with van der Waals surface area (Å²) >= 11 is 13.0. The van der Waals surface area contributed by atoms with E-state index in [9.17, 15) is 18.8 Å². The number of rotatable bonds is 6. The average Bonchev–Trinajstić information content (AvgIpc) is 3.07. The van der Waals surface area contributed by atoms with Crippen LogP contribution in [-0.4, -0.2) is 24.4 Å². The molecule has 0 aliphatic rings. The van der Waals surface area contributed by atoms with Crippen LogP contribution in [0.25, 0.3) is 0 Å². The molecule has 2 N–H and O–H groups in total. The lowest BCUT2D eigenvalue weighted by Gasteiger charge is -2.08. The highest BCUT2D eigenvalue weighted by Crippen LogP contribution is 2.36. The van der Waals surface area contributed by atoms with Gasteiger partial charge in [-0.1, -0.05) is 35.3 Å². The van der Waals surface area contributed by atoms with Crippen LogP contribution in [0.3, 0.4) is 0 Å². The van der Waals surface area contributed by atoms with Gasteiger partial charge >= 0.3 is 5.97 Å². The Labute approximate surface area is 197 Å². The number of ether oxygens (including phenoxy) is 1. The van der Waals surface area contributed by atoms with Crippen LogP contribution in [0.15, 0.2) is 42.5 Å². The molecule has 0 fully saturated rings. The van der Waals surface area contributed by atoms with Crippen LogP contribution in [0.1, 0.15) is 42.9 Å². The minimum atomic E-state index is -0.698. The summed E-state index contributed by atoms with van der Waals surface area (Å²) in [6.07, 6.45) is 0. The predicted molar refractivity (Wildman–Crippen MR) is 124 cm³/mol. The van der Waals surface area contributed by atoms with Gasteiger partial charge in [0.15, 0.2) is 0 Å². The second-order valence-electron chi connectivity index (χ2n) is 6.50. The first kappa shape index (κ1) is 23.7. The van der Waals surface area contributed by atoms with Crippen molar-refractivity contribution in [2.24, 2.45) is 0 Å². The van der Waals surface area contributed by atoms with Crippen LogP contribution in [0.5, 0.6) is 0 Å². The van der Waals surface area contributed by atoms with Gasteiger partial charge in [-0.2, -0.15) is 0 Å². The van der Waals surface area contributed by atoms with E-state index in [1.54, 1.807) is 32.0 Å². The van der Waals surface area contributed by atoms with Gasteiger partial charge in [-0.3, -0.25) is 9.59 Å². The molecule has 3 rings (SSSR count). The van der Waals surface area contributed by atoms with Crippen molar-refractivity contribution in [2.75, 3.05) is 17.2 Å². The van der Waals surface area contributed by atoms with Crippen LogP contribution < -0.4 is 10.6 Å². The smallest absolute Gasteiger partial charge is 0.341 e. The molecule has 32 heavy (non-hydrogen) atoms. The molecule has 2 aromatic carbocycles. The standard InChI is InChI=1S/C22H17Cl2FN2O4S/c1-3-31-22(30)16-11(2)18(20(29)26-15-9-5-8-14(23)17(15)24)32-21(16)27-19(28)12-6-4-7-13(25)10-12/h4-10H,3H2,1-2H3,(H,26,29)(H,27,28). The molecule has 0 saturated carbocycles. The van der Waals surface area contributed by atoms with Crippen LogP contribution in [0, 0.1) is 12.7 Å². The Kier molecular flexibility index (Phi) is 7.50. The fraction of sp³-hybridized carbons (Fsp3) is 0.136. The Balaban J connectivity index is 1.97. The van der Waals surface area contributed by atoms with Crippen molar-refractivity contribution < 1.29 is 23.5 Å². The molecule has 6 nitrogen and oxygen atoms in total. The maximum Gasteiger partial charge on any atom is 0.341 e. The van der Waals surface area contributed by atoms with E-state index in [1.807, 2.05) is 0 Å². The highest BCUT2D eigenvalue weighted by molar-refractivity contribution is 7.19. The lowest BCUT2D eigenvalue weighted by molar-refractivity contribution is 0.0527. The topological polar surface area (TPSA) is 84.5 Å². The van der Waals surface area contributed by atoms with E-state index in [0.29, 0.717) is 11.3 Å². The fourth-order valence-corrected chi connectivity index (χ4v) is 4.28. The molecule has 166 valence electrons.